The normalized spacial score (nSPS) is 18.5. The molecular formula is C14H21N. The molecule has 1 nitrogen and oxygen atoms in total. The standard InChI is InChI=1S/C14H21N/c1-11-6-8-12(9-7-11)10-14(15-2)13-4-3-5-13/h6-9,13-15H,3-5,10H2,1-2H3. The molecule has 15 heavy (non-hydrogen) atoms. The zero-order chi connectivity index (χ0) is 10.7. The molecule has 0 amide bonds. The lowest BCUT2D eigenvalue weighted by Crippen LogP contribution is -2.38. The van der Waals surface area contributed by atoms with Gasteiger partial charge in [-0.1, -0.05) is 36.2 Å². The highest BCUT2D eigenvalue weighted by atomic mass is 14.9. The van der Waals surface area contributed by atoms with E-state index < -0.39 is 0 Å². The maximum atomic E-state index is 3.47. The number of benzene rings is 1. The van der Waals surface area contributed by atoms with Crippen LogP contribution in [0, 0.1) is 12.8 Å². The van der Waals surface area contributed by atoms with Gasteiger partial charge < -0.3 is 5.32 Å². The first-order valence-corrected chi connectivity index (χ1v) is 6.02. The van der Waals surface area contributed by atoms with Gasteiger partial charge in [-0.2, -0.15) is 0 Å². The Hall–Kier alpha value is -0.820. The minimum absolute atomic E-state index is 0.682. The first kappa shape index (κ1) is 10.7. The highest BCUT2D eigenvalue weighted by Gasteiger charge is 2.25. The molecule has 0 heterocycles. The van der Waals surface area contributed by atoms with Gasteiger partial charge in [-0.05, 0) is 44.7 Å². The fraction of sp³-hybridized carbons (Fsp3) is 0.571. The molecule has 1 atom stereocenters. The Morgan fingerprint density at radius 1 is 1.27 bits per heavy atom. The summed E-state index contributed by atoms with van der Waals surface area (Å²) in [6.45, 7) is 2.14. The van der Waals surface area contributed by atoms with Crippen molar-refractivity contribution in [1.29, 1.82) is 0 Å². The summed E-state index contributed by atoms with van der Waals surface area (Å²) in [7, 11) is 2.09. The molecule has 1 aliphatic carbocycles. The molecule has 1 unspecified atom stereocenters. The summed E-state index contributed by atoms with van der Waals surface area (Å²) in [5.74, 6) is 0.913. The Morgan fingerprint density at radius 2 is 1.93 bits per heavy atom. The molecule has 1 aromatic carbocycles. The molecular weight excluding hydrogens is 182 g/mol. The SMILES string of the molecule is CNC(Cc1ccc(C)cc1)C1CCC1. The molecule has 0 saturated heterocycles. The topological polar surface area (TPSA) is 12.0 Å². The molecule has 0 spiro atoms. The summed E-state index contributed by atoms with van der Waals surface area (Å²) in [4.78, 5) is 0. The van der Waals surface area contributed by atoms with Crippen LogP contribution in [0.3, 0.4) is 0 Å². The van der Waals surface area contributed by atoms with Crippen LogP contribution in [0.1, 0.15) is 30.4 Å². The number of hydrogen-bond acceptors (Lipinski definition) is 1. The lowest BCUT2D eigenvalue weighted by Gasteiger charge is -2.33. The molecule has 1 fully saturated rings. The van der Waals surface area contributed by atoms with E-state index in [1.165, 1.54) is 36.8 Å². The van der Waals surface area contributed by atoms with Crippen molar-refractivity contribution in [2.45, 2.75) is 38.6 Å². The van der Waals surface area contributed by atoms with Crippen LogP contribution in [0.5, 0.6) is 0 Å². The molecule has 0 bridgehead atoms. The molecule has 0 aromatic heterocycles. The first-order valence-electron chi connectivity index (χ1n) is 6.02. The monoisotopic (exact) mass is 203 g/mol. The minimum Gasteiger partial charge on any atom is -0.316 e. The summed E-state index contributed by atoms with van der Waals surface area (Å²) < 4.78 is 0. The van der Waals surface area contributed by atoms with E-state index in [0.29, 0.717) is 6.04 Å². The van der Waals surface area contributed by atoms with E-state index in [4.69, 9.17) is 0 Å². The lowest BCUT2D eigenvalue weighted by atomic mass is 9.77. The van der Waals surface area contributed by atoms with Crippen molar-refractivity contribution in [3.8, 4) is 0 Å². The molecule has 1 heteroatoms. The average molecular weight is 203 g/mol. The Balaban J connectivity index is 1.96. The van der Waals surface area contributed by atoms with E-state index in [9.17, 15) is 0 Å². The van der Waals surface area contributed by atoms with Crippen LogP contribution in [-0.4, -0.2) is 13.1 Å². The van der Waals surface area contributed by atoms with Gasteiger partial charge in [0.25, 0.3) is 0 Å². The minimum atomic E-state index is 0.682. The maximum Gasteiger partial charge on any atom is 0.0133 e. The van der Waals surface area contributed by atoms with Crippen molar-refractivity contribution in [1.82, 2.24) is 5.32 Å². The van der Waals surface area contributed by atoms with Crippen LogP contribution < -0.4 is 5.32 Å². The predicted molar refractivity (Wildman–Crippen MR) is 65.1 cm³/mol. The van der Waals surface area contributed by atoms with Gasteiger partial charge in [0.2, 0.25) is 0 Å². The number of aryl methyl sites for hydroxylation is 1. The van der Waals surface area contributed by atoms with Crippen molar-refractivity contribution in [2.75, 3.05) is 7.05 Å². The van der Waals surface area contributed by atoms with Gasteiger partial charge >= 0.3 is 0 Å². The fourth-order valence-corrected chi connectivity index (χ4v) is 2.32. The average Bonchev–Trinajstić information content (AvgIpc) is 2.17. The summed E-state index contributed by atoms with van der Waals surface area (Å²) >= 11 is 0. The van der Waals surface area contributed by atoms with E-state index in [0.717, 1.165) is 5.92 Å². The molecule has 82 valence electrons. The van der Waals surface area contributed by atoms with Crippen LogP contribution in [0.25, 0.3) is 0 Å². The van der Waals surface area contributed by atoms with Crippen molar-refractivity contribution < 1.29 is 0 Å². The smallest absolute Gasteiger partial charge is 0.0133 e. The highest BCUT2D eigenvalue weighted by Crippen LogP contribution is 2.30. The zero-order valence-corrected chi connectivity index (χ0v) is 9.79. The van der Waals surface area contributed by atoms with E-state index in [1.807, 2.05) is 0 Å². The third kappa shape index (κ3) is 2.60. The van der Waals surface area contributed by atoms with E-state index in [-0.39, 0.29) is 0 Å². The number of nitrogens with one attached hydrogen (secondary N) is 1. The maximum absolute atomic E-state index is 3.47. The summed E-state index contributed by atoms with van der Waals surface area (Å²) in [6, 6.07) is 9.63. The van der Waals surface area contributed by atoms with Crippen molar-refractivity contribution in [2.24, 2.45) is 5.92 Å². The van der Waals surface area contributed by atoms with Gasteiger partial charge in [-0.3, -0.25) is 0 Å². The number of likely N-dealkylation sites (N-methyl/N-ethyl adjacent to an activating group) is 1. The Labute approximate surface area is 92.9 Å². The molecule has 1 aromatic rings. The van der Waals surface area contributed by atoms with Crippen LogP contribution in [0.2, 0.25) is 0 Å². The summed E-state index contributed by atoms with van der Waals surface area (Å²) in [5.41, 5.74) is 2.82. The van der Waals surface area contributed by atoms with Crippen molar-refractivity contribution in [3.63, 3.8) is 0 Å². The molecule has 0 radical (unpaired) electrons. The van der Waals surface area contributed by atoms with Crippen LogP contribution in [-0.2, 0) is 6.42 Å². The molecule has 2 rings (SSSR count). The highest BCUT2D eigenvalue weighted by molar-refractivity contribution is 5.22. The summed E-state index contributed by atoms with van der Waals surface area (Å²) in [6.07, 6.45) is 5.44. The van der Waals surface area contributed by atoms with Gasteiger partial charge in [-0.25, -0.2) is 0 Å². The van der Waals surface area contributed by atoms with Gasteiger partial charge in [0.05, 0.1) is 0 Å². The summed E-state index contributed by atoms with van der Waals surface area (Å²) in [5, 5.41) is 3.47. The second-order valence-electron chi connectivity index (χ2n) is 4.78. The van der Waals surface area contributed by atoms with Gasteiger partial charge in [0.15, 0.2) is 0 Å². The first-order chi connectivity index (χ1) is 7.29. The molecule has 1 saturated carbocycles. The van der Waals surface area contributed by atoms with Crippen LogP contribution >= 0.6 is 0 Å². The van der Waals surface area contributed by atoms with E-state index in [1.54, 1.807) is 0 Å². The van der Waals surface area contributed by atoms with E-state index >= 15 is 0 Å². The molecule has 1 N–H and O–H groups in total. The third-order valence-corrected chi connectivity index (χ3v) is 3.67. The zero-order valence-electron chi connectivity index (χ0n) is 9.79. The van der Waals surface area contributed by atoms with Crippen LogP contribution in [0.15, 0.2) is 24.3 Å². The number of rotatable bonds is 4. The van der Waals surface area contributed by atoms with Crippen molar-refractivity contribution >= 4 is 0 Å². The van der Waals surface area contributed by atoms with Gasteiger partial charge in [-0.15, -0.1) is 0 Å². The quantitative estimate of drug-likeness (QED) is 0.793. The number of hydrogen-bond donors (Lipinski definition) is 1. The van der Waals surface area contributed by atoms with Gasteiger partial charge in [0, 0.05) is 6.04 Å². The Morgan fingerprint density at radius 3 is 2.40 bits per heavy atom. The molecule has 1 aliphatic rings. The second-order valence-corrected chi connectivity index (χ2v) is 4.78. The Bertz CT molecular complexity index is 298. The van der Waals surface area contributed by atoms with Crippen molar-refractivity contribution in [3.05, 3.63) is 35.4 Å². The Kier molecular flexibility index (Phi) is 3.42. The fourth-order valence-electron chi connectivity index (χ4n) is 2.32. The molecule has 0 aliphatic heterocycles. The second kappa shape index (κ2) is 4.80. The van der Waals surface area contributed by atoms with Gasteiger partial charge in [0.1, 0.15) is 0 Å². The lowest BCUT2D eigenvalue weighted by molar-refractivity contribution is 0.236. The predicted octanol–water partition coefficient (Wildman–Crippen LogP) is 2.93. The van der Waals surface area contributed by atoms with E-state index in [2.05, 4.69) is 43.6 Å². The largest absolute Gasteiger partial charge is 0.316 e. The van der Waals surface area contributed by atoms with Crippen LogP contribution in [0.4, 0.5) is 0 Å². The third-order valence-electron chi connectivity index (χ3n) is 3.67.